The van der Waals surface area contributed by atoms with E-state index in [0.29, 0.717) is 0 Å². The van der Waals surface area contributed by atoms with Crippen molar-refractivity contribution < 1.29 is 9.84 Å². The molecule has 2 aromatic rings. The molecule has 2 unspecified atom stereocenters. The van der Waals surface area contributed by atoms with Crippen LogP contribution >= 0.6 is 27.3 Å². The first-order valence-corrected chi connectivity index (χ1v) is 9.76. The SMILES string of the molecule is CC1CN(c2nc(O)c(C=C3C=Nc4ccc(Br)cc43)s2)CC(C)O1. The van der Waals surface area contributed by atoms with E-state index in [-0.39, 0.29) is 18.1 Å². The molecule has 1 aromatic carbocycles. The number of morpholine rings is 1. The average molecular weight is 420 g/mol. The van der Waals surface area contributed by atoms with E-state index in [0.717, 1.165) is 44.4 Å². The van der Waals surface area contributed by atoms with Gasteiger partial charge in [0.1, 0.15) is 0 Å². The molecule has 5 nitrogen and oxygen atoms in total. The number of benzene rings is 1. The van der Waals surface area contributed by atoms with Crippen molar-refractivity contribution in [2.75, 3.05) is 18.0 Å². The van der Waals surface area contributed by atoms with Crippen molar-refractivity contribution in [2.45, 2.75) is 26.1 Å². The van der Waals surface area contributed by atoms with Gasteiger partial charge in [0.15, 0.2) is 5.13 Å². The predicted molar refractivity (Wildman–Crippen MR) is 106 cm³/mol. The number of thiazole rings is 1. The minimum atomic E-state index is 0.0659. The highest BCUT2D eigenvalue weighted by atomic mass is 79.9. The highest BCUT2D eigenvalue weighted by Gasteiger charge is 2.25. The largest absolute Gasteiger partial charge is 0.492 e. The molecule has 1 saturated heterocycles. The molecule has 0 spiro atoms. The van der Waals surface area contributed by atoms with Gasteiger partial charge < -0.3 is 14.7 Å². The van der Waals surface area contributed by atoms with Crippen LogP contribution in [0.3, 0.4) is 0 Å². The van der Waals surface area contributed by atoms with Crippen LogP contribution in [0, 0.1) is 0 Å². The Hall–Kier alpha value is -1.70. The Labute approximate surface area is 158 Å². The number of hydrogen-bond acceptors (Lipinski definition) is 6. The molecular formula is C18H18BrN3O2S. The predicted octanol–water partition coefficient (Wildman–Crippen LogP) is 4.48. The summed E-state index contributed by atoms with van der Waals surface area (Å²) in [5.74, 6) is 0.0659. The summed E-state index contributed by atoms with van der Waals surface area (Å²) in [5, 5.41) is 11.1. The van der Waals surface area contributed by atoms with Crippen LogP contribution < -0.4 is 4.90 Å². The van der Waals surface area contributed by atoms with E-state index < -0.39 is 0 Å². The van der Waals surface area contributed by atoms with Gasteiger partial charge in [-0.15, -0.1) is 0 Å². The van der Waals surface area contributed by atoms with Crippen molar-refractivity contribution in [3.8, 4) is 5.88 Å². The number of aromatic nitrogens is 1. The van der Waals surface area contributed by atoms with E-state index in [1.807, 2.05) is 30.5 Å². The number of anilines is 1. The zero-order valence-corrected chi connectivity index (χ0v) is 16.3. The summed E-state index contributed by atoms with van der Waals surface area (Å²) in [5.41, 5.74) is 2.97. The zero-order chi connectivity index (χ0) is 17.6. The van der Waals surface area contributed by atoms with Crippen molar-refractivity contribution in [3.63, 3.8) is 0 Å². The van der Waals surface area contributed by atoms with Crippen LogP contribution in [-0.4, -0.2) is 41.6 Å². The van der Waals surface area contributed by atoms with E-state index in [4.69, 9.17) is 4.74 Å². The summed E-state index contributed by atoms with van der Waals surface area (Å²) >= 11 is 4.99. The molecule has 1 N–H and O–H groups in total. The van der Waals surface area contributed by atoms with Crippen LogP contribution in [-0.2, 0) is 4.74 Å². The third kappa shape index (κ3) is 3.36. The van der Waals surface area contributed by atoms with Gasteiger partial charge in [-0.1, -0.05) is 27.3 Å². The maximum absolute atomic E-state index is 10.3. The fourth-order valence-electron chi connectivity index (χ4n) is 3.19. The lowest BCUT2D eigenvalue weighted by molar-refractivity contribution is -0.00525. The van der Waals surface area contributed by atoms with Gasteiger partial charge in [-0.05, 0) is 38.1 Å². The molecule has 2 aliphatic heterocycles. The van der Waals surface area contributed by atoms with Crippen LogP contribution in [0.1, 0.15) is 24.3 Å². The number of hydrogen-bond donors (Lipinski definition) is 1. The Morgan fingerprint density at radius 3 is 2.84 bits per heavy atom. The monoisotopic (exact) mass is 419 g/mol. The van der Waals surface area contributed by atoms with Gasteiger partial charge >= 0.3 is 0 Å². The standard InChI is InChI=1S/C18H18BrN3O2S/c1-10-8-22(9-11(2)24-10)18-21-17(23)16(25-18)5-12-7-20-15-4-3-13(19)6-14(12)15/h3-7,10-11,23H,8-9H2,1-2H3. The summed E-state index contributed by atoms with van der Waals surface area (Å²) < 4.78 is 6.78. The number of fused-ring (bicyclic) bond motifs is 1. The third-order valence-corrected chi connectivity index (χ3v) is 5.76. The molecule has 4 rings (SSSR count). The lowest BCUT2D eigenvalue weighted by Gasteiger charge is -2.35. The smallest absolute Gasteiger partial charge is 0.231 e. The van der Waals surface area contributed by atoms with Crippen LogP contribution in [0.4, 0.5) is 10.8 Å². The fraction of sp³-hybridized carbons (Fsp3) is 0.333. The average Bonchev–Trinajstić information content (AvgIpc) is 3.11. The summed E-state index contributed by atoms with van der Waals surface area (Å²) in [6.07, 6.45) is 4.09. The Bertz CT molecular complexity index is 867. The maximum atomic E-state index is 10.3. The van der Waals surface area contributed by atoms with Gasteiger partial charge in [0.25, 0.3) is 0 Å². The maximum Gasteiger partial charge on any atom is 0.231 e. The molecule has 1 fully saturated rings. The number of aliphatic imine (C=N–C) groups is 1. The number of ether oxygens (including phenoxy) is 1. The first kappa shape index (κ1) is 16.8. The molecule has 7 heteroatoms. The van der Waals surface area contributed by atoms with Crippen LogP contribution in [0.15, 0.2) is 27.7 Å². The summed E-state index contributed by atoms with van der Waals surface area (Å²) in [4.78, 5) is 11.7. The Morgan fingerprint density at radius 2 is 2.08 bits per heavy atom. The Balaban J connectivity index is 1.64. The van der Waals surface area contributed by atoms with Gasteiger partial charge in [0.05, 0.1) is 22.8 Å². The normalized spacial score (nSPS) is 24.1. The molecule has 0 radical (unpaired) electrons. The van der Waals surface area contributed by atoms with Crippen molar-refractivity contribution in [1.82, 2.24) is 4.98 Å². The molecule has 0 aliphatic carbocycles. The molecule has 0 bridgehead atoms. The van der Waals surface area contributed by atoms with Gasteiger partial charge in [-0.3, -0.25) is 4.99 Å². The van der Waals surface area contributed by atoms with E-state index in [1.54, 1.807) is 0 Å². The van der Waals surface area contributed by atoms with E-state index in [2.05, 4.69) is 44.7 Å². The van der Waals surface area contributed by atoms with Crippen molar-refractivity contribution in [3.05, 3.63) is 33.1 Å². The van der Waals surface area contributed by atoms with Crippen LogP contribution in [0.5, 0.6) is 5.88 Å². The lowest BCUT2D eigenvalue weighted by atomic mass is 10.1. The second-order valence-corrected chi connectivity index (χ2v) is 8.29. The van der Waals surface area contributed by atoms with E-state index >= 15 is 0 Å². The summed E-state index contributed by atoms with van der Waals surface area (Å²) in [6, 6.07) is 5.99. The van der Waals surface area contributed by atoms with Crippen molar-refractivity contribution in [2.24, 2.45) is 4.99 Å². The second kappa shape index (κ2) is 6.55. The molecule has 25 heavy (non-hydrogen) atoms. The molecule has 0 amide bonds. The first-order chi connectivity index (χ1) is 12.0. The van der Waals surface area contributed by atoms with Crippen molar-refractivity contribution in [1.29, 1.82) is 0 Å². The topological polar surface area (TPSA) is 58.0 Å². The Morgan fingerprint density at radius 1 is 1.32 bits per heavy atom. The van der Waals surface area contributed by atoms with Crippen LogP contribution in [0.25, 0.3) is 11.6 Å². The van der Waals surface area contributed by atoms with Gasteiger partial charge in [-0.2, -0.15) is 4.98 Å². The third-order valence-electron chi connectivity index (χ3n) is 4.21. The molecule has 1 aromatic heterocycles. The number of allylic oxidation sites excluding steroid dienone is 1. The summed E-state index contributed by atoms with van der Waals surface area (Å²) in [7, 11) is 0. The molecule has 2 atom stereocenters. The second-order valence-electron chi connectivity index (χ2n) is 6.37. The summed E-state index contributed by atoms with van der Waals surface area (Å²) in [6.45, 7) is 5.68. The van der Waals surface area contributed by atoms with Gasteiger partial charge in [0.2, 0.25) is 5.88 Å². The van der Waals surface area contributed by atoms with Crippen molar-refractivity contribution >= 4 is 55.9 Å². The zero-order valence-electron chi connectivity index (χ0n) is 13.9. The Kier molecular flexibility index (Phi) is 4.39. The fourth-order valence-corrected chi connectivity index (χ4v) is 4.48. The molecule has 3 heterocycles. The molecule has 130 valence electrons. The van der Waals surface area contributed by atoms with E-state index in [9.17, 15) is 5.11 Å². The number of rotatable bonds is 2. The van der Waals surface area contributed by atoms with E-state index in [1.165, 1.54) is 11.3 Å². The molecule has 2 aliphatic rings. The minimum absolute atomic E-state index is 0.0659. The number of aromatic hydroxyl groups is 1. The highest BCUT2D eigenvalue weighted by Crippen LogP contribution is 2.38. The first-order valence-electron chi connectivity index (χ1n) is 8.15. The van der Waals surface area contributed by atoms with Crippen LogP contribution in [0.2, 0.25) is 0 Å². The molecular weight excluding hydrogens is 402 g/mol. The quantitative estimate of drug-likeness (QED) is 0.779. The minimum Gasteiger partial charge on any atom is -0.492 e. The van der Waals surface area contributed by atoms with Gasteiger partial charge in [-0.25, -0.2) is 0 Å². The number of halogens is 1. The van der Waals surface area contributed by atoms with Gasteiger partial charge in [0, 0.05) is 34.9 Å². The molecule has 0 saturated carbocycles. The number of nitrogens with zero attached hydrogens (tertiary/aromatic N) is 3. The lowest BCUT2D eigenvalue weighted by Crippen LogP contribution is -2.45. The highest BCUT2D eigenvalue weighted by molar-refractivity contribution is 9.10.